The molecule has 1 N–H and O–H groups in total. The topological polar surface area (TPSA) is 72.7 Å². The van der Waals surface area contributed by atoms with Crippen LogP contribution in [0.5, 0.6) is 0 Å². The maximum Gasteiger partial charge on any atom is 0.332 e. The lowest BCUT2D eigenvalue weighted by Crippen LogP contribution is -2.40. The van der Waals surface area contributed by atoms with Crippen molar-refractivity contribution in [2.75, 3.05) is 0 Å². The first-order chi connectivity index (χ1) is 11.6. The van der Waals surface area contributed by atoms with Crippen LogP contribution < -0.4 is 11.2 Å². The minimum Gasteiger partial charge on any atom is -0.336 e. The van der Waals surface area contributed by atoms with Gasteiger partial charge in [-0.3, -0.25) is 13.9 Å². The van der Waals surface area contributed by atoms with E-state index in [4.69, 9.17) is 4.98 Å². The molecule has 6 heteroatoms. The average molecular weight is 328 g/mol. The molecule has 0 aromatic carbocycles. The predicted molar refractivity (Wildman–Crippen MR) is 93.3 cm³/mol. The lowest BCUT2D eigenvalue weighted by atomic mass is 9.93. The van der Waals surface area contributed by atoms with E-state index in [1.807, 2.05) is 13.8 Å². The Balaban J connectivity index is 1.90. The van der Waals surface area contributed by atoms with Crippen molar-refractivity contribution in [1.29, 1.82) is 0 Å². The summed E-state index contributed by atoms with van der Waals surface area (Å²) >= 11 is 0. The second-order valence-corrected chi connectivity index (χ2v) is 7.10. The molecule has 1 saturated carbocycles. The van der Waals surface area contributed by atoms with E-state index in [-0.39, 0.29) is 11.2 Å². The fourth-order valence-corrected chi connectivity index (χ4v) is 4.30. The molecule has 6 nitrogen and oxygen atoms in total. The van der Waals surface area contributed by atoms with Crippen molar-refractivity contribution in [2.24, 2.45) is 11.8 Å². The Morgan fingerprint density at radius 3 is 2.50 bits per heavy atom. The Morgan fingerprint density at radius 2 is 1.88 bits per heavy atom. The van der Waals surface area contributed by atoms with Crippen LogP contribution in [0, 0.1) is 11.8 Å². The van der Waals surface area contributed by atoms with Crippen LogP contribution in [0.3, 0.4) is 0 Å². The number of aryl methyl sites for hydroxylation is 1. The Kier molecular flexibility index (Phi) is 3.70. The van der Waals surface area contributed by atoms with Gasteiger partial charge >= 0.3 is 5.69 Å². The Labute approximate surface area is 140 Å². The van der Waals surface area contributed by atoms with Gasteiger partial charge < -0.3 is 4.98 Å². The number of nitrogens with one attached hydrogen (secondary N) is 1. The summed E-state index contributed by atoms with van der Waals surface area (Å²) in [6, 6.07) is 0. The lowest BCUT2D eigenvalue weighted by molar-refractivity contribution is 0.552. The zero-order valence-electron chi connectivity index (χ0n) is 14.3. The highest BCUT2D eigenvalue weighted by Crippen LogP contribution is 2.48. The lowest BCUT2D eigenvalue weighted by Gasteiger charge is -2.14. The van der Waals surface area contributed by atoms with E-state index in [1.54, 1.807) is 4.57 Å². The Bertz CT molecular complexity index is 917. The normalized spacial score (nSPS) is 25.2. The van der Waals surface area contributed by atoms with E-state index < -0.39 is 0 Å². The molecule has 0 unspecified atom stereocenters. The number of rotatable bonds is 5. The second kappa shape index (κ2) is 5.76. The molecule has 2 aromatic heterocycles. The first-order valence-electron chi connectivity index (χ1n) is 9.05. The van der Waals surface area contributed by atoms with E-state index in [1.165, 1.54) is 11.0 Å². The van der Waals surface area contributed by atoms with E-state index in [2.05, 4.69) is 17.1 Å². The molecule has 0 aliphatic heterocycles. The molecule has 0 saturated heterocycles. The van der Waals surface area contributed by atoms with Gasteiger partial charge in [-0.05, 0) is 37.5 Å². The van der Waals surface area contributed by atoms with Crippen molar-refractivity contribution < 1.29 is 0 Å². The summed E-state index contributed by atoms with van der Waals surface area (Å²) < 4.78 is 3.01. The number of hydrogen-bond acceptors (Lipinski definition) is 3. The number of allylic oxidation sites excluding steroid dienone is 2. The smallest absolute Gasteiger partial charge is 0.332 e. The third-order valence-corrected chi connectivity index (χ3v) is 5.40. The van der Waals surface area contributed by atoms with Crippen molar-refractivity contribution in [3.63, 3.8) is 0 Å². The van der Waals surface area contributed by atoms with Gasteiger partial charge in [-0.2, -0.15) is 0 Å². The standard InChI is InChI=1S/C18H24N4O2/c1-3-7-21-16-14(17(23)22(8-4-2)18(21)24)19-15(20-16)13-10-11-5-6-12(13)9-11/h5-6,11-13H,3-4,7-10H2,1-2H3,(H,19,20)/t11-,12-,13-/m1/s1. The molecule has 128 valence electrons. The number of imidazole rings is 1. The predicted octanol–water partition coefficient (Wildman–Crippen LogP) is 2.39. The van der Waals surface area contributed by atoms with Gasteiger partial charge in [0.25, 0.3) is 5.56 Å². The number of hydrogen-bond donors (Lipinski definition) is 1. The first-order valence-corrected chi connectivity index (χ1v) is 9.05. The molecule has 1 fully saturated rings. The SMILES string of the molecule is CCCn1c(=O)c2[nH]c([C@@H]3C[C@@H]4C=C[C@@H]3C4)nc2n(CCC)c1=O. The largest absolute Gasteiger partial charge is 0.336 e. The first kappa shape index (κ1) is 15.4. The quantitative estimate of drug-likeness (QED) is 0.857. The number of nitrogens with zero attached hydrogens (tertiary/aromatic N) is 3. The van der Waals surface area contributed by atoms with Crippen LogP contribution >= 0.6 is 0 Å². The Hall–Kier alpha value is -2.11. The highest BCUT2D eigenvalue weighted by molar-refractivity contribution is 5.70. The third kappa shape index (κ3) is 2.19. The molecule has 24 heavy (non-hydrogen) atoms. The van der Waals surface area contributed by atoms with Gasteiger partial charge in [0.15, 0.2) is 5.65 Å². The zero-order valence-corrected chi connectivity index (χ0v) is 14.3. The molecule has 2 aromatic rings. The Morgan fingerprint density at radius 1 is 1.12 bits per heavy atom. The highest BCUT2D eigenvalue weighted by atomic mass is 16.2. The maximum atomic E-state index is 12.7. The van der Waals surface area contributed by atoms with Gasteiger partial charge in [0, 0.05) is 19.0 Å². The minimum atomic E-state index is -0.235. The molecule has 0 amide bonds. The maximum absolute atomic E-state index is 12.7. The number of fused-ring (bicyclic) bond motifs is 3. The number of aromatic amines is 1. The van der Waals surface area contributed by atoms with Crippen LogP contribution in [0.2, 0.25) is 0 Å². The molecule has 2 heterocycles. The van der Waals surface area contributed by atoms with Crippen LogP contribution in [-0.2, 0) is 13.1 Å². The van der Waals surface area contributed by atoms with E-state index in [9.17, 15) is 9.59 Å². The summed E-state index contributed by atoms with van der Waals surface area (Å²) in [6.45, 7) is 5.03. The third-order valence-electron chi connectivity index (χ3n) is 5.40. The summed E-state index contributed by atoms with van der Waals surface area (Å²) in [6.07, 6.45) is 8.43. The van der Waals surface area contributed by atoms with Gasteiger partial charge in [-0.15, -0.1) is 0 Å². The summed E-state index contributed by atoms with van der Waals surface area (Å²) in [7, 11) is 0. The molecule has 4 rings (SSSR count). The monoisotopic (exact) mass is 328 g/mol. The molecule has 2 aliphatic carbocycles. The van der Waals surface area contributed by atoms with Crippen molar-refractivity contribution >= 4 is 11.2 Å². The average Bonchev–Trinajstić information content (AvgIpc) is 3.29. The summed E-state index contributed by atoms with van der Waals surface area (Å²) in [5.41, 5.74) is 0.544. The van der Waals surface area contributed by atoms with Crippen molar-refractivity contribution in [3.05, 3.63) is 38.8 Å². The molecule has 0 spiro atoms. The molecular weight excluding hydrogens is 304 g/mol. The van der Waals surface area contributed by atoms with Crippen LogP contribution in [-0.4, -0.2) is 19.1 Å². The molecular formula is C18H24N4O2. The zero-order chi connectivity index (χ0) is 16.8. The summed E-state index contributed by atoms with van der Waals surface area (Å²) in [4.78, 5) is 33.4. The van der Waals surface area contributed by atoms with Crippen LogP contribution in [0.4, 0.5) is 0 Å². The summed E-state index contributed by atoms with van der Waals surface area (Å²) in [5.74, 6) is 2.37. The molecule has 2 aliphatic rings. The van der Waals surface area contributed by atoms with Gasteiger partial charge in [0.1, 0.15) is 11.3 Å². The van der Waals surface area contributed by atoms with Gasteiger partial charge in [0.2, 0.25) is 0 Å². The number of aromatic nitrogens is 4. The fourth-order valence-electron chi connectivity index (χ4n) is 4.30. The van der Waals surface area contributed by atoms with Gasteiger partial charge in [-0.25, -0.2) is 9.78 Å². The van der Waals surface area contributed by atoms with Crippen LogP contribution in [0.15, 0.2) is 21.7 Å². The van der Waals surface area contributed by atoms with Crippen molar-refractivity contribution in [3.8, 4) is 0 Å². The van der Waals surface area contributed by atoms with Crippen molar-refractivity contribution in [2.45, 2.75) is 58.5 Å². The number of H-pyrrole nitrogens is 1. The summed E-state index contributed by atoms with van der Waals surface area (Å²) in [5, 5.41) is 0. The van der Waals surface area contributed by atoms with Crippen LogP contribution in [0.1, 0.15) is 51.3 Å². The molecule has 0 radical (unpaired) electrons. The second-order valence-electron chi connectivity index (χ2n) is 7.10. The van der Waals surface area contributed by atoms with E-state index in [0.717, 1.165) is 25.1 Å². The fraction of sp³-hybridized carbons (Fsp3) is 0.611. The van der Waals surface area contributed by atoms with E-state index >= 15 is 0 Å². The van der Waals surface area contributed by atoms with Crippen LogP contribution in [0.25, 0.3) is 11.2 Å². The highest BCUT2D eigenvalue weighted by Gasteiger charge is 2.38. The molecule has 2 bridgehead atoms. The molecule has 3 atom stereocenters. The van der Waals surface area contributed by atoms with E-state index in [0.29, 0.717) is 42.0 Å². The minimum absolute atomic E-state index is 0.234. The van der Waals surface area contributed by atoms with Crippen molar-refractivity contribution in [1.82, 2.24) is 19.1 Å². The van der Waals surface area contributed by atoms with Gasteiger partial charge in [0.05, 0.1) is 0 Å². The van der Waals surface area contributed by atoms with Gasteiger partial charge in [-0.1, -0.05) is 26.0 Å².